The number of halogens is 1. The molecule has 5 heteroatoms. The molecule has 0 aliphatic carbocycles. The van der Waals surface area contributed by atoms with Crippen LogP contribution in [0.4, 0.5) is 4.79 Å². The summed E-state index contributed by atoms with van der Waals surface area (Å²) < 4.78 is 5.49. The third kappa shape index (κ3) is 7.06. The van der Waals surface area contributed by atoms with Crippen LogP contribution in [0.5, 0.6) is 5.75 Å². The molecule has 0 saturated heterocycles. The van der Waals surface area contributed by atoms with Crippen molar-refractivity contribution in [3.63, 3.8) is 0 Å². The molecule has 2 aromatic carbocycles. The Morgan fingerprint density at radius 3 is 2.57 bits per heavy atom. The van der Waals surface area contributed by atoms with E-state index in [0.29, 0.717) is 30.5 Å². The van der Waals surface area contributed by atoms with Gasteiger partial charge in [0.2, 0.25) is 0 Å². The first-order chi connectivity index (χ1) is 11.2. The van der Waals surface area contributed by atoms with Crippen LogP contribution in [0.2, 0.25) is 5.02 Å². The van der Waals surface area contributed by atoms with Crippen molar-refractivity contribution in [2.75, 3.05) is 19.7 Å². The van der Waals surface area contributed by atoms with Crippen LogP contribution in [0.3, 0.4) is 0 Å². The average Bonchev–Trinajstić information content (AvgIpc) is 2.57. The van der Waals surface area contributed by atoms with Crippen molar-refractivity contribution in [3.05, 3.63) is 65.2 Å². The van der Waals surface area contributed by atoms with E-state index in [1.165, 1.54) is 5.56 Å². The molecular formula is C18H21ClN2O2. The highest BCUT2D eigenvalue weighted by atomic mass is 35.5. The van der Waals surface area contributed by atoms with Crippen molar-refractivity contribution in [1.82, 2.24) is 10.6 Å². The second-order valence-electron chi connectivity index (χ2n) is 5.08. The van der Waals surface area contributed by atoms with Crippen LogP contribution >= 0.6 is 11.6 Å². The Morgan fingerprint density at radius 2 is 1.78 bits per heavy atom. The molecule has 0 radical (unpaired) electrons. The summed E-state index contributed by atoms with van der Waals surface area (Å²) in [5, 5.41) is 6.22. The van der Waals surface area contributed by atoms with Crippen molar-refractivity contribution < 1.29 is 9.53 Å². The highest BCUT2D eigenvalue weighted by molar-refractivity contribution is 6.30. The lowest BCUT2D eigenvalue weighted by molar-refractivity contribution is 0.236. The van der Waals surface area contributed by atoms with E-state index in [9.17, 15) is 4.79 Å². The second-order valence-corrected chi connectivity index (χ2v) is 5.51. The molecule has 2 rings (SSSR count). The van der Waals surface area contributed by atoms with Gasteiger partial charge in [0.05, 0.1) is 6.54 Å². The van der Waals surface area contributed by atoms with E-state index in [1.54, 1.807) is 12.1 Å². The molecule has 0 unspecified atom stereocenters. The van der Waals surface area contributed by atoms with Crippen LogP contribution in [0.25, 0.3) is 0 Å². The van der Waals surface area contributed by atoms with Crippen molar-refractivity contribution in [1.29, 1.82) is 0 Å². The number of ether oxygens (including phenoxy) is 1. The Hall–Kier alpha value is -2.20. The molecule has 0 spiro atoms. The first kappa shape index (κ1) is 17.2. The molecule has 0 heterocycles. The van der Waals surface area contributed by atoms with Gasteiger partial charge in [-0.1, -0.05) is 48.0 Å². The Labute approximate surface area is 141 Å². The van der Waals surface area contributed by atoms with Gasteiger partial charge in [-0.15, -0.1) is 0 Å². The fourth-order valence-electron chi connectivity index (χ4n) is 2.09. The van der Waals surface area contributed by atoms with E-state index >= 15 is 0 Å². The molecule has 2 amide bonds. The van der Waals surface area contributed by atoms with Gasteiger partial charge in [0.1, 0.15) is 12.4 Å². The summed E-state index contributed by atoms with van der Waals surface area (Å²) in [4.78, 5) is 11.6. The molecular weight excluding hydrogens is 312 g/mol. The summed E-state index contributed by atoms with van der Waals surface area (Å²) in [6.07, 6.45) is 1.87. The zero-order valence-corrected chi connectivity index (χ0v) is 13.7. The number of urea groups is 1. The van der Waals surface area contributed by atoms with Crippen LogP contribution < -0.4 is 15.4 Å². The minimum atomic E-state index is -0.173. The lowest BCUT2D eigenvalue weighted by atomic mass is 10.1. The lowest BCUT2D eigenvalue weighted by Gasteiger charge is -2.09. The van der Waals surface area contributed by atoms with Gasteiger partial charge in [-0.05, 0) is 36.6 Å². The molecule has 2 aromatic rings. The smallest absolute Gasteiger partial charge is 0.314 e. The molecule has 0 aromatic heterocycles. The van der Waals surface area contributed by atoms with Crippen LogP contribution in [0, 0.1) is 0 Å². The van der Waals surface area contributed by atoms with Crippen LogP contribution in [-0.2, 0) is 6.42 Å². The molecule has 4 nitrogen and oxygen atoms in total. The summed E-state index contributed by atoms with van der Waals surface area (Å²) in [6, 6.07) is 17.2. The van der Waals surface area contributed by atoms with E-state index in [2.05, 4.69) is 22.8 Å². The number of nitrogens with one attached hydrogen (secondary N) is 2. The summed E-state index contributed by atoms with van der Waals surface area (Å²) >= 11 is 5.86. The highest BCUT2D eigenvalue weighted by Gasteiger charge is 2.00. The van der Waals surface area contributed by atoms with Gasteiger partial charge in [0, 0.05) is 11.6 Å². The zero-order valence-electron chi connectivity index (χ0n) is 12.9. The maximum absolute atomic E-state index is 11.6. The van der Waals surface area contributed by atoms with Crippen LogP contribution in [0.15, 0.2) is 54.6 Å². The Balaban J connectivity index is 1.52. The number of hydrogen-bond acceptors (Lipinski definition) is 2. The first-order valence-electron chi connectivity index (χ1n) is 7.68. The largest absolute Gasteiger partial charge is 0.492 e. The minimum Gasteiger partial charge on any atom is -0.492 e. The van der Waals surface area contributed by atoms with Crippen LogP contribution in [0.1, 0.15) is 12.0 Å². The maximum Gasteiger partial charge on any atom is 0.314 e. The number of carbonyl (C=O) groups excluding carboxylic acids is 1. The summed E-state index contributed by atoms with van der Waals surface area (Å²) in [5.74, 6) is 0.697. The average molecular weight is 333 g/mol. The molecule has 2 N–H and O–H groups in total. The fraction of sp³-hybridized carbons (Fsp3) is 0.278. The van der Waals surface area contributed by atoms with Gasteiger partial charge < -0.3 is 15.4 Å². The van der Waals surface area contributed by atoms with Gasteiger partial charge in [-0.25, -0.2) is 4.79 Å². The van der Waals surface area contributed by atoms with Gasteiger partial charge >= 0.3 is 6.03 Å². The third-order valence-electron chi connectivity index (χ3n) is 3.22. The molecule has 0 atom stereocenters. The van der Waals surface area contributed by atoms with Crippen molar-refractivity contribution in [2.45, 2.75) is 12.8 Å². The molecule has 23 heavy (non-hydrogen) atoms. The van der Waals surface area contributed by atoms with Crippen molar-refractivity contribution in [2.24, 2.45) is 0 Å². The van der Waals surface area contributed by atoms with Crippen molar-refractivity contribution in [3.8, 4) is 5.75 Å². The van der Waals surface area contributed by atoms with Gasteiger partial charge in [-0.3, -0.25) is 0 Å². The normalized spacial score (nSPS) is 10.1. The predicted octanol–water partition coefficient (Wildman–Crippen LogP) is 3.65. The standard InChI is InChI=1S/C18H21ClN2O2/c19-16-9-4-10-17(14-16)23-13-12-21-18(22)20-11-5-8-15-6-2-1-3-7-15/h1-4,6-7,9-10,14H,5,8,11-13H2,(H2,20,21,22). The zero-order chi connectivity index (χ0) is 16.3. The van der Waals surface area contributed by atoms with E-state index in [4.69, 9.17) is 16.3 Å². The van der Waals surface area contributed by atoms with E-state index in [1.807, 2.05) is 30.3 Å². The monoisotopic (exact) mass is 332 g/mol. The quantitative estimate of drug-likeness (QED) is 0.725. The second kappa shape index (κ2) is 9.74. The van der Waals surface area contributed by atoms with Gasteiger partial charge in [0.25, 0.3) is 0 Å². The fourth-order valence-corrected chi connectivity index (χ4v) is 2.27. The first-order valence-corrected chi connectivity index (χ1v) is 8.06. The van der Waals surface area contributed by atoms with Crippen LogP contribution in [-0.4, -0.2) is 25.7 Å². The number of hydrogen-bond donors (Lipinski definition) is 2. The Morgan fingerprint density at radius 1 is 1.00 bits per heavy atom. The maximum atomic E-state index is 11.6. The Bertz CT molecular complexity index is 605. The number of benzene rings is 2. The van der Waals surface area contributed by atoms with E-state index in [-0.39, 0.29) is 6.03 Å². The Kier molecular flexibility index (Phi) is 7.27. The number of carbonyl (C=O) groups is 1. The number of amides is 2. The summed E-state index contributed by atoms with van der Waals surface area (Å²) in [6.45, 7) is 1.49. The lowest BCUT2D eigenvalue weighted by Crippen LogP contribution is -2.38. The van der Waals surface area contributed by atoms with E-state index in [0.717, 1.165) is 12.8 Å². The molecule has 122 valence electrons. The molecule has 0 aliphatic heterocycles. The summed E-state index contributed by atoms with van der Waals surface area (Å²) in [5.41, 5.74) is 1.28. The van der Waals surface area contributed by atoms with Gasteiger partial charge in [0.15, 0.2) is 0 Å². The van der Waals surface area contributed by atoms with Crippen molar-refractivity contribution >= 4 is 17.6 Å². The molecule has 0 aliphatic rings. The van der Waals surface area contributed by atoms with E-state index < -0.39 is 0 Å². The predicted molar refractivity (Wildman–Crippen MR) is 93.1 cm³/mol. The third-order valence-corrected chi connectivity index (χ3v) is 3.46. The molecule has 0 fully saturated rings. The SMILES string of the molecule is O=C(NCCCc1ccccc1)NCCOc1cccc(Cl)c1. The van der Waals surface area contributed by atoms with Gasteiger partial charge in [-0.2, -0.15) is 0 Å². The molecule has 0 saturated carbocycles. The topological polar surface area (TPSA) is 50.4 Å². The highest BCUT2D eigenvalue weighted by Crippen LogP contribution is 2.16. The summed E-state index contributed by atoms with van der Waals surface area (Å²) in [7, 11) is 0. The number of rotatable bonds is 8. The number of aryl methyl sites for hydroxylation is 1. The minimum absolute atomic E-state index is 0.173. The molecule has 0 bridgehead atoms.